The summed E-state index contributed by atoms with van der Waals surface area (Å²) in [5.74, 6) is -1.34. The first kappa shape index (κ1) is 21.1. The van der Waals surface area contributed by atoms with Crippen LogP contribution in [0.5, 0.6) is 0 Å². The van der Waals surface area contributed by atoms with Gasteiger partial charge in [-0.3, -0.25) is 14.5 Å². The van der Waals surface area contributed by atoms with E-state index in [-0.39, 0.29) is 11.4 Å². The first-order valence-electron chi connectivity index (χ1n) is 9.94. The molecule has 30 heavy (non-hydrogen) atoms. The van der Waals surface area contributed by atoms with Crippen LogP contribution in [0.2, 0.25) is 5.02 Å². The summed E-state index contributed by atoms with van der Waals surface area (Å²) in [6.07, 6.45) is 0.723. The van der Waals surface area contributed by atoms with Crippen molar-refractivity contribution in [1.82, 2.24) is 9.80 Å². The van der Waals surface area contributed by atoms with Crippen LogP contribution in [0.4, 0.5) is 0 Å². The number of halogens is 1. The molecule has 6 nitrogen and oxygen atoms in total. The largest absolute Gasteiger partial charge is 0.503 e. The summed E-state index contributed by atoms with van der Waals surface area (Å²) >= 11 is 7.73. The Kier molecular flexibility index (Phi) is 6.53. The Morgan fingerprint density at radius 3 is 2.63 bits per heavy atom. The van der Waals surface area contributed by atoms with E-state index in [9.17, 15) is 14.7 Å². The first-order chi connectivity index (χ1) is 14.6. The Morgan fingerprint density at radius 1 is 1.17 bits per heavy atom. The van der Waals surface area contributed by atoms with Crippen molar-refractivity contribution < 1.29 is 19.4 Å². The van der Waals surface area contributed by atoms with Gasteiger partial charge in [-0.25, -0.2) is 0 Å². The summed E-state index contributed by atoms with van der Waals surface area (Å²) in [5, 5.41) is 12.9. The van der Waals surface area contributed by atoms with E-state index < -0.39 is 17.7 Å². The first-order valence-corrected chi connectivity index (χ1v) is 11.2. The molecule has 4 rings (SSSR count). The second kappa shape index (κ2) is 9.31. The van der Waals surface area contributed by atoms with Gasteiger partial charge in [0.15, 0.2) is 5.76 Å². The fourth-order valence-corrected chi connectivity index (χ4v) is 4.88. The van der Waals surface area contributed by atoms with E-state index in [4.69, 9.17) is 16.3 Å². The zero-order valence-corrected chi connectivity index (χ0v) is 18.0. The lowest BCUT2D eigenvalue weighted by Gasteiger charge is -2.30. The SMILES string of the molecule is O=C(C1=C(O)C(=O)N(CCCN2CCOCC2)[C@@H]1c1ccccc1Cl)c1cccs1. The highest BCUT2D eigenvalue weighted by atomic mass is 35.5. The standard InChI is InChI=1S/C22H23ClN2O4S/c23-16-6-2-1-5-15(16)19-18(20(26)17-7-3-14-30-17)21(27)22(28)25(19)9-4-8-24-10-12-29-13-11-24/h1-3,5-7,14,19,27H,4,8-13H2/t19-/m1/s1. The lowest BCUT2D eigenvalue weighted by Crippen LogP contribution is -2.39. The van der Waals surface area contributed by atoms with E-state index >= 15 is 0 Å². The molecule has 0 unspecified atom stereocenters. The number of Topliss-reactive ketones (excluding diaryl/α,β-unsaturated/α-hetero) is 1. The van der Waals surface area contributed by atoms with Gasteiger partial charge in [0.05, 0.1) is 29.7 Å². The number of aliphatic hydroxyl groups excluding tert-OH is 1. The zero-order valence-electron chi connectivity index (χ0n) is 16.4. The van der Waals surface area contributed by atoms with Crippen molar-refractivity contribution in [3.8, 4) is 0 Å². The summed E-state index contributed by atoms with van der Waals surface area (Å²) in [4.78, 5) is 30.5. The van der Waals surface area contributed by atoms with E-state index in [1.54, 1.807) is 40.6 Å². The maximum Gasteiger partial charge on any atom is 0.290 e. The maximum atomic E-state index is 13.2. The van der Waals surface area contributed by atoms with Crippen molar-refractivity contribution in [2.45, 2.75) is 12.5 Å². The highest BCUT2D eigenvalue weighted by Gasteiger charge is 2.44. The predicted molar refractivity (Wildman–Crippen MR) is 116 cm³/mol. The van der Waals surface area contributed by atoms with Gasteiger partial charge >= 0.3 is 0 Å². The molecule has 1 saturated heterocycles. The Morgan fingerprint density at radius 2 is 1.93 bits per heavy atom. The van der Waals surface area contributed by atoms with Crippen LogP contribution in [0, 0.1) is 0 Å². The van der Waals surface area contributed by atoms with Crippen LogP contribution in [-0.2, 0) is 9.53 Å². The van der Waals surface area contributed by atoms with Gasteiger partial charge in [0.1, 0.15) is 0 Å². The number of aliphatic hydroxyl groups is 1. The normalized spacial score (nSPS) is 20.2. The van der Waals surface area contributed by atoms with Gasteiger partial charge in [0.2, 0.25) is 5.78 Å². The predicted octanol–water partition coefficient (Wildman–Crippen LogP) is 3.70. The van der Waals surface area contributed by atoms with Gasteiger partial charge in [0.25, 0.3) is 5.91 Å². The summed E-state index contributed by atoms with van der Waals surface area (Å²) in [6, 6.07) is 9.92. The minimum atomic E-state index is -0.703. The average molecular weight is 447 g/mol. The summed E-state index contributed by atoms with van der Waals surface area (Å²) < 4.78 is 5.38. The second-order valence-corrected chi connectivity index (χ2v) is 8.65. The van der Waals surface area contributed by atoms with E-state index in [0.717, 1.165) is 26.1 Å². The lowest BCUT2D eigenvalue weighted by atomic mass is 9.95. The van der Waals surface area contributed by atoms with Crippen LogP contribution < -0.4 is 0 Å². The lowest BCUT2D eigenvalue weighted by molar-refractivity contribution is -0.129. The maximum absolute atomic E-state index is 13.2. The van der Waals surface area contributed by atoms with E-state index in [0.29, 0.717) is 35.2 Å². The minimum Gasteiger partial charge on any atom is -0.503 e. The Balaban J connectivity index is 1.61. The molecule has 1 aromatic carbocycles. The molecule has 0 bridgehead atoms. The molecule has 0 radical (unpaired) electrons. The molecular weight excluding hydrogens is 424 g/mol. The van der Waals surface area contributed by atoms with Crippen LogP contribution in [0.25, 0.3) is 0 Å². The minimum absolute atomic E-state index is 0.0990. The van der Waals surface area contributed by atoms with Crippen molar-refractivity contribution in [3.05, 3.63) is 68.6 Å². The summed E-state index contributed by atoms with van der Waals surface area (Å²) in [7, 11) is 0. The van der Waals surface area contributed by atoms with Crippen LogP contribution in [0.3, 0.4) is 0 Å². The Bertz CT molecular complexity index is 954. The van der Waals surface area contributed by atoms with Crippen molar-refractivity contribution in [2.75, 3.05) is 39.4 Å². The van der Waals surface area contributed by atoms with E-state index in [2.05, 4.69) is 4.90 Å². The molecule has 158 valence electrons. The molecule has 3 heterocycles. The van der Waals surface area contributed by atoms with Gasteiger partial charge in [-0.1, -0.05) is 35.9 Å². The van der Waals surface area contributed by atoms with Crippen LogP contribution in [-0.4, -0.2) is 66.0 Å². The van der Waals surface area contributed by atoms with Crippen LogP contribution >= 0.6 is 22.9 Å². The molecule has 1 amide bonds. The number of morpholine rings is 1. The zero-order chi connectivity index (χ0) is 21.1. The Hall–Kier alpha value is -2.19. The molecule has 1 N–H and O–H groups in total. The average Bonchev–Trinajstić information content (AvgIpc) is 3.38. The van der Waals surface area contributed by atoms with Gasteiger partial charge in [-0.2, -0.15) is 0 Å². The van der Waals surface area contributed by atoms with Crippen molar-refractivity contribution >= 4 is 34.6 Å². The van der Waals surface area contributed by atoms with Crippen LogP contribution in [0.15, 0.2) is 53.1 Å². The molecule has 0 aliphatic carbocycles. The quantitative estimate of drug-likeness (QED) is 0.656. The van der Waals surface area contributed by atoms with E-state index in [1.807, 2.05) is 6.07 Å². The molecule has 1 atom stereocenters. The van der Waals surface area contributed by atoms with Crippen LogP contribution in [0.1, 0.15) is 27.7 Å². The fourth-order valence-electron chi connectivity index (χ4n) is 3.97. The van der Waals surface area contributed by atoms with E-state index in [1.165, 1.54) is 11.3 Å². The molecule has 8 heteroatoms. The fraction of sp³-hybridized carbons (Fsp3) is 0.364. The number of hydrogen-bond donors (Lipinski definition) is 1. The van der Waals surface area contributed by atoms with Crippen molar-refractivity contribution in [2.24, 2.45) is 0 Å². The summed E-state index contributed by atoms with van der Waals surface area (Å²) in [6.45, 7) is 4.40. The topological polar surface area (TPSA) is 70.1 Å². The number of nitrogens with zero attached hydrogens (tertiary/aromatic N) is 2. The van der Waals surface area contributed by atoms with Gasteiger partial charge in [-0.05, 0) is 29.5 Å². The number of benzene rings is 1. The number of carbonyl (C=O) groups excluding carboxylic acids is 2. The third-order valence-electron chi connectivity index (χ3n) is 5.47. The van der Waals surface area contributed by atoms with Gasteiger partial charge in [-0.15, -0.1) is 11.3 Å². The second-order valence-electron chi connectivity index (χ2n) is 7.30. The molecule has 1 aromatic heterocycles. The number of thiophene rings is 1. The molecule has 2 aliphatic heterocycles. The van der Waals surface area contributed by atoms with Gasteiger partial charge in [0, 0.05) is 31.2 Å². The highest BCUT2D eigenvalue weighted by molar-refractivity contribution is 7.12. The molecule has 0 saturated carbocycles. The Labute approximate surface area is 184 Å². The molecule has 0 spiro atoms. The molecular formula is C22H23ClN2O4S. The number of carbonyl (C=O) groups is 2. The number of amides is 1. The smallest absolute Gasteiger partial charge is 0.290 e. The molecule has 2 aliphatic rings. The third kappa shape index (κ3) is 4.16. The van der Waals surface area contributed by atoms with Gasteiger partial charge < -0.3 is 14.7 Å². The highest BCUT2D eigenvalue weighted by Crippen LogP contribution is 2.41. The summed E-state index contributed by atoms with van der Waals surface area (Å²) in [5.41, 5.74) is 0.741. The number of rotatable bonds is 7. The number of ether oxygens (including phenoxy) is 1. The number of ketones is 1. The molecule has 1 fully saturated rings. The number of hydrogen-bond acceptors (Lipinski definition) is 6. The monoisotopic (exact) mass is 446 g/mol. The molecule has 2 aromatic rings. The third-order valence-corrected chi connectivity index (χ3v) is 6.68. The van der Waals surface area contributed by atoms with Crippen molar-refractivity contribution in [3.63, 3.8) is 0 Å². The van der Waals surface area contributed by atoms with Crippen molar-refractivity contribution in [1.29, 1.82) is 0 Å².